The van der Waals surface area contributed by atoms with E-state index < -0.39 is 4.92 Å². The maximum absolute atomic E-state index is 11.5. The van der Waals surface area contributed by atoms with Gasteiger partial charge in [0.05, 0.1) is 15.6 Å². The second-order valence-corrected chi connectivity index (χ2v) is 5.43. The van der Waals surface area contributed by atoms with E-state index in [1.54, 1.807) is 13.0 Å². The Hall–Kier alpha value is -1.82. The van der Waals surface area contributed by atoms with Crippen LogP contribution in [-0.2, 0) is 4.79 Å². The molecule has 114 valence electrons. The van der Waals surface area contributed by atoms with E-state index in [9.17, 15) is 14.9 Å². The third-order valence-corrected chi connectivity index (χ3v) is 3.87. The third kappa shape index (κ3) is 3.64. The molecule has 1 heterocycles. The molecule has 1 fully saturated rings. The van der Waals surface area contributed by atoms with E-state index in [2.05, 4.69) is 5.32 Å². The Balaban J connectivity index is 2.41. The molecule has 0 radical (unpaired) electrons. The number of nitro groups is 1. The number of piperidine rings is 1. The minimum absolute atomic E-state index is 0.0172. The van der Waals surface area contributed by atoms with Crippen molar-refractivity contribution < 1.29 is 9.72 Å². The highest BCUT2D eigenvalue weighted by Crippen LogP contribution is 2.37. The summed E-state index contributed by atoms with van der Waals surface area (Å²) in [6.45, 7) is 3.30. The lowest BCUT2D eigenvalue weighted by atomic mass is 10.1. The normalized spacial score (nSPS) is 14.9. The summed E-state index contributed by atoms with van der Waals surface area (Å²) < 4.78 is 0. The van der Waals surface area contributed by atoms with Gasteiger partial charge >= 0.3 is 0 Å². The molecule has 1 aliphatic heterocycles. The molecule has 0 spiro atoms. The Labute approximate surface area is 128 Å². The van der Waals surface area contributed by atoms with Crippen LogP contribution in [0.4, 0.5) is 17.1 Å². The summed E-state index contributed by atoms with van der Waals surface area (Å²) in [6.07, 6.45) is 3.48. The molecule has 1 N–H and O–H groups in total. The number of carbonyl (C=O) groups is 1. The molecular formula is C14H18ClN3O3. The van der Waals surface area contributed by atoms with Crippen LogP contribution in [0.5, 0.6) is 0 Å². The van der Waals surface area contributed by atoms with Crippen LogP contribution in [0.3, 0.4) is 0 Å². The van der Waals surface area contributed by atoms with E-state index in [1.807, 2.05) is 4.90 Å². The number of hydrogen-bond acceptors (Lipinski definition) is 4. The minimum atomic E-state index is -0.429. The van der Waals surface area contributed by atoms with Crippen molar-refractivity contribution in [3.05, 3.63) is 27.3 Å². The van der Waals surface area contributed by atoms with Crippen LogP contribution in [0.2, 0.25) is 5.02 Å². The standard InChI is InChI=1S/C14H18ClN3O3/c1-2-14(19)16-11-9-12(17-6-4-3-5-7-17)13(18(20)21)8-10(11)15/h8-9H,2-7H2,1H3,(H,16,19). The zero-order chi connectivity index (χ0) is 15.4. The average molecular weight is 312 g/mol. The molecule has 0 atom stereocenters. The summed E-state index contributed by atoms with van der Waals surface area (Å²) in [5, 5.41) is 14.1. The number of halogens is 1. The first-order chi connectivity index (χ1) is 10.0. The maximum Gasteiger partial charge on any atom is 0.294 e. The minimum Gasteiger partial charge on any atom is -0.366 e. The number of nitrogens with zero attached hydrogens (tertiary/aromatic N) is 2. The highest BCUT2D eigenvalue weighted by atomic mass is 35.5. The first-order valence-corrected chi connectivity index (χ1v) is 7.43. The molecule has 6 nitrogen and oxygen atoms in total. The molecule has 2 rings (SSSR count). The van der Waals surface area contributed by atoms with Crippen LogP contribution in [-0.4, -0.2) is 23.9 Å². The summed E-state index contributed by atoms with van der Waals surface area (Å²) in [7, 11) is 0. The van der Waals surface area contributed by atoms with Gasteiger partial charge in [-0.2, -0.15) is 0 Å². The summed E-state index contributed by atoms with van der Waals surface area (Å²) in [4.78, 5) is 24.3. The Kier molecular flexibility index (Phi) is 5.01. The largest absolute Gasteiger partial charge is 0.366 e. The molecule has 7 heteroatoms. The highest BCUT2D eigenvalue weighted by Gasteiger charge is 2.24. The van der Waals surface area contributed by atoms with Crippen LogP contribution in [0.1, 0.15) is 32.6 Å². The molecule has 0 aromatic heterocycles. The van der Waals surface area contributed by atoms with Crippen molar-refractivity contribution >= 4 is 34.6 Å². The number of rotatable bonds is 4. The van der Waals surface area contributed by atoms with E-state index >= 15 is 0 Å². The quantitative estimate of drug-likeness (QED) is 0.681. The molecule has 1 aliphatic rings. The van der Waals surface area contributed by atoms with Gasteiger partial charge in [0, 0.05) is 25.6 Å². The van der Waals surface area contributed by atoms with Gasteiger partial charge in [0.2, 0.25) is 5.91 Å². The Morgan fingerprint density at radius 1 is 1.38 bits per heavy atom. The Morgan fingerprint density at radius 3 is 2.62 bits per heavy atom. The van der Waals surface area contributed by atoms with Gasteiger partial charge in [0.25, 0.3) is 5.69 Å². The lowest BCUT2D eigenvalue weighted by Crippen LogP contribution is -2.30. The number of nitro benzene ring substituents is 1. The molecule has 1 saturated heterocycles. The van der Waals surface area contributed by atoms with E-state index in [-0.39, 0.29) is 16.6 Å². The summed E-state index contributed by atoms with van der Waals surface area (Å²) in [5.41, 5.74) is 0.932. The van der Waals surface area contributed by atoms with Gasteiger partial charge in [0.1, 0.15) is 5.69 Å². The van der Waals surface area contributed by atoms with Crippen molar-refractivity contribution in [2.45, 2.75) is 32.6 Å². The van der Waals surface area contributed by atoms with Gasteiger partial charge in [-0.1, -0.05) is 18.5 Å². The zero-order valence-electron chi connectivity index (χ0n) is 11.9. The topological polar surface area (TPSA) is 75.5 Å². The first-order valence-electron chi connectivity index (χ1n) is 7.05. The number of anilines is 2. The molecule has 1 aromatic rings. The van der Waals surface area contributed by atoms with Crippen LogP contribution in [0.15, 0.2) is 12.1 Å². The number of nitrogens with one attached hydrogen (secondary N) is 1. The van der Waals surface area contributed by atoms with Crippen molar-refractivity contribution in [3.8, 4) is 0 Å². The Morgan fingerprint density at radius 2 is 2.05 bits per heavy atom. The van der Waals surface area contributed by atoms with E-state index in [4.69, 9.17) is 11.6 Å². The van der Waals surface area contributed by atoms with Crippen LogP contribution in [0, 0.1) is 10.1 Å². The second kappa shape index (κ2) is 6.76. The monoisotopic (exact) mass is 311 g/mol. The lowest BCUT2D eigenvalue weighted by molar-refractivity contribution is -0.384. The number of carbonyl (C=O) groups excluding carboxylic acids is 1. The summed E-state index contributed by atoms with van der Waals surface area (Å²) >= 11 is 6.05. The van der Waals surface area contributed by atoms with Crippen molar-refractivity contribution in [2.24, 2.45) is 0 Å². The SMILES string of the molecule is CCC(=O)Nc1cc(N2CCCCC2)c([N+](=O)[O-])cc1Cl. The number of benzene rings is 1. The van der Waals surface area contributed by atoms with Gasteiger partial charge < -0.3 is 10.2 Å². The van der Waals surface area contributed by atoms with Crippen LogP contribution >= 0.6 is 11.6 Å². The number of amides is 1. The van der Waals surface area contributed by atoms with Gasteiger partial charge in [-0.15, -0.1) is 0 Å². The van der Waals surface area contributed by atoms with Gasteiger partial charge in [0.15, 0.2) is 0 Å². The van der Waals surface area contributed by atoms with E-state index in [1.165, 1.54) is 6.07 Å². The second-order valence-electron chi connectivity index (χ2n) is 5.03. The third-order valence-electron chi connectivity index (χ3n) is 3.55. The fourth-order valence-electron chi connectivity index (χ4n) is 2.42. The molecule has 21 heavy (non-hydrogen) atoms. The van der Waals surface area contributed by atoms with E-state index in [0.717, 1.165) is 32.4 Å². The molecule has 0 unspecified atom stereocenters. The number of hydrogen-bond donors (Lipinski definition) is 1. The average Bonchev–Trinajstić information content (AvgIpc) is 2.49. The molecule has 1 aromatic carbocycles. The molecular weight excluding hydrogens is 294 g/mol. The fourth-order valence-corrected chi connectivity index (χ4v) is 2.63. The van der Waals surface area contributed by atoms with E-state index in [0.29, 0.717) is 17.8 Å². The smallest absolute Gasteiger partial charge is 0.294 e. The van der Waals surface area contributed by atoms with Gasteiger partial charge in [-0.3, -0.25) is 14.9 Å². The lowest BCUT2D eigenvalue weighted by Gasteiger charge is -2.28. The predicted octanol–water partition coefficient (Wildman–Crippen LogP) is 3.59. The van der Waals surface area contributed by atoms with Crippen molar-refractivity contribution in [1.82, 2.24) is 0 Å². The van der Waals surface area contributed by atoms with Crippen LogP contribution in [0.25, 0.3) is 0 Å². The van der Waals surface area contributed by atoms with Crippen molar-refractivity contribution in [2.75, 3.05) is 23.3 Å². The predicted molar refractivity (Wildman–Crippen MR) is 83.1 cm³/mol. The summed E-state index contributed by atoms with van der Waals surface area (Å²) in [5.74, 6) is -0.171. The molecule has 0 aliphatic carbocycles. The summed E-state index contributed by atoms with van der Waals surface area (Å²) in [6, 6.07) is 2.93. The van der Waals surface area contributed by atoms with Gasteiger partial charge in [-0.25, -0.2) is 0 Å². The van der Waals surface area contributed by atoms with Crippen molar-refractivity contribution in [3.63, 3.8) is 0 Å². The highest BCUT2D eigenvalue weighted by molar-refractivity contribution is 6.34. The molecule has 0 saturated carbocycles. The maximum atomic E-state index is 11.5. The van der Waals surface area contributed by atoms with Gasteiger partial charge in [-0.05, 0) is 25.3 Å². The molecule has 0 bridgehead atoms. The fraction of sp³-hybridized carbons (Fsp3) is 0.500. The molecule has 1 amide bonds. The first kappa shape index (κ1) is 15.6. The zero-order valence-corrected chi connectivity index (χ0v) is 12.7. The van der Waals surface area contributed by atoms with Crippen molar-refractivity contribution in [1.29, 1.82) is 0 Å². The Bertz CT molecular complexity index is 557. The van der Waals surface area contributed by atoms with Crippen LogP contribution < -0.4 is 10.2 Å².